The van der Waals surface area contributed by atoms with Gasteiger partial charge in [0.15, 0.2) is 11.5 Å². The number of aromatic nitrogens is 4. The van der Waals surface area contributed by atoms with E-state index in [4.69, 9.17) is 0 Å². The summed E-state index contributed by atoms with van der Waals surface area (Å²) in [5.74, 6) is 1.11. The molecule has 5 rings (SSSR count). The predicted molar refractivity (Wildman–Crippen MR) is 128 cm³/mol. The van der Waals surface area contributed by atoms with Gasteiger partial charge < -0.3 is 15.3 Å². The first-order chi connectivity index (χ1) is 16.4. The van der Waals surface area contributed by atoms with Crippen molar-refractivity contribution in [2.75, 3.05) is 23.3 Å². The number of carbonyl (C=O) groups excluding carboxylic acids is 1. The van der Waals surface area contributed by atoms with Crippen LogP contribution in [0.25, 0.3) is 11.4 Å². The summed E-state index contributed by atoms with van der Waals surface area (Å²) >= 11 is 0. The summed E-state index contributed by atoms with van der Waals surface area (Å²) in [4.78, 5) is 31.7. The lowest BCUT2D eigenvalue weighted by Gasteiger charge is -2.50. The molecule has 34 heavy (non-hydrogen) atoms. The zero-order valence-corrected chi connectivity index (χ0v) is 19.4. The van der Waals surface area contributed by atoms with E-state index in [-0.39, 0.29) is 11.9 Å². The minimum absolute atomic E-state index is 0.110. The van der Waals surface area contributed by atoms with Gasteiger partial charge in [-0.15, -0.1) is 0 Å². The standard InChI is InChI=1S/C24H28N8O2/c1-14(2)30-23-24(34,17-7-5-16(6-8-17)19-25-9-4-10-26-19)32(12-11-27-23)21-18-15(3)22(33)31-20(18)28-13-29-21/h4-10,13-15,23,27,30,34H,11-12H2,1-3H3,(H,28,29,31,33)/t15?,23?,24-/m1/s1. The number of benzene rings is 1. The smallest absolute Gasteiger partial charge is 0.233 e. The molecule has 2 aliphatic heterocycles. The normalized spacial score (nSPS) is 24.3. The number of fused-ring (bicyclic) bond motifs is 1. The molecule has 1 saturated heterocycles. The maximum atomic E-state index is 12.4. The fourth-order valence-corrected chi connectivity index (χ4v) is 4.66. The molecule has 10 heteroatoms. The molecule has 10 nitrogen and oxygen atoms in total. The Morgan fingerprint density at radius 1 is 1.15 bits per heavy atom. The Morgan fingerprint density at radius 2 is 1.88 bits per heavy atom. The van der Waals surface area contributed by atoms with Crippen molar-refractivity contribution in [1.29, 1.82) is 0 Å². The number of carbonyl (C=O) groups is 1. The molecule has 3 atom stereocenters. The molecule has 2 unspecified atom stereocenters. The molecule has 0 saturated carbocycles. The van der Waals surface area contributed by atoms with Gasteiger partial charge in [-0.25, -0.2) is 19.9 Å². The quantitative estimate of drug-likeness (QED) is 0.448. The maximum absolute atomic E-state index is 12.4. The third-order valence-corrected chi connectivity index (χ3v) is 6.32. The van der Waals surface area contributed by atoms with E-state index in [1.165, 1.54) is 6.33 Å². The highest BCUT2D eigenvalue weighted by Crippen LogP contribution is 2.42. The molecule has 4 N–H and O–H groups in total. The lowest BCUT2D eigenvalue weighted by molar-refractivity contribution is -0.116. The van der Waals surface area contributed by atoms with Crippen LogP contribution in [0.5, 0.6) is 0 Å². The van der Waals surface area contributed by atoms with Crippen LogP contribution in [0, 0.1) is 0 Å². The first-order valence-corrected chi connectivity index (χ1v) is 11.4. The SMILES string of the molecule is CC(C)NC1NCCN(c2ncnc3c2C(C)C(=O)N3)[C@@]1(O)c1ccc(-c2ncccn2)cc1. The van der Waals surface area contributed by atoms with Gasteiger partial charge in [0, 0.05) is 48.2 Å². The predicted octanol–water partition coefficient (Wildman–Crippen LogP) is 1.57. The Bertz CT molecular complexity index is 1190. The molecule has 2 aliphatic rings. The average Bonchev–Trinajstić information content (AvgIpc) is 3.14. The number of nitrogens with zero attached hydrogens (tertiary/aromatic N) is 5. The number of piperazine rings is 1. The van der Waals surface area contributed by atoms with Gasteiger partial charge in [-0.1, -0.05) is 24.3 Å². The Labute approximate surface area is 197 Å². The van der Waals surface area contributed by atoms with Crippen LogP contribution in [0.3, 0.4) is 0 Å². The molecule has 0 bridgehead atoms. The Morgan fingerprint density at radius 3 is 2.59 bits per heavy atom. The van der Waals surface area contributed by atoms with E-state index in [9.17, 15) is 9.90 Å². The second-order valence-electron chi connectivity index (χ2n) is 8.91. The zero-order valence-electron chi connectivity index (χ0n) is 19.4. The molecule has 0 spiro atoms. The van der Waals surface area contributed by atoms with E-state index in [0.717, 1.165) is 5.56 Å². The molecule has 0 radical (unpaired) electrons. The van der Waals surface area contributed by atoms with Gasteiger partial charge >= 0.3 is 0 Å². The van der Waals surface area contributed by atoms with Crippen LogP contribution in [0.15, 0.2) is 49.1 Å². The molecule has 4 heterocycles. The molecule has 1 aromatic carbocycles. The summed E-state index contributed by atoms with van der Waals surface area (Å²) in [5.41, 5.74) is 0.731. The van der Waals surface area contributed by atoms with Gasteiger partial charge in [0.05, 0.1) is 5.92 Å². The summed E-state index contributed by atoms with van der Waals surface area (Å²) in [6, 6.07) is 9.46. The van der Waals surface area contributed by atoms with Gasteiger partial charge in [-0.3, -0.25) is 15.4 Å². The fourth-order valence-electron chi connectivity index (χ4n) is 4.66. The van der Waals surface area contributed by atoms with E-state index in [0.29, 0.717) is 41.7 Å². The Kier molecular flexibility index (Phi) is 5.72. The zero-order chi connectivity index (χ0) is 23.9. The summed E-state index contributed by atoms with van der Waals surface area (Å²) in [6.45, 7) is 7.00. The lowest BCUT2D eigenvalue weighted by atomic mass is 9.92. The van der Waals surface area contributed by atoms with Crippen LogP contribution in [0.4, 0.5) is 11.6 Å². The second-order valence-corrected chi connectivity index (χ2v) is 8.91. The third-order valence-electron chi connectivity index (χ3n) is 6.32. The van der Waals surface area contributed by atoms with Crippen molar-refractivity contribution in [3.05, 3.63) is 60.2 Å². The summed E-state index contributed by atoms with van der Waals surface area (Å²) in [6.07, 6.45) is 4.33. The lowest BCUT2D eigenvalue weighted by Crippen LogP contribution is -2.71. The number of nitrogens with one attached hydrogen (secondary N) is 3. The molecular formula is C24H28N8O2. The van der Waals surface area contributed by atoms with Crippen molar-refractivity contribution in [3.63, 3.8) is 0 Å². The summed E-state index contributed by atoms with van der Waals surface area (Å²) in [5, 5.41) is 22.1. The molecule has 1 amide bonds. The van der Waals surface area contributed by atoms with E-state index in [2.05, 4.69) is 35.9 Å². The highest BCUT2D eigenvalue weighted by atomic mass is 16.3. The van der Waals surface area contributed by atoms with Crippen molar-refractivity contribution in [1.82, 2.24) is 30.6 Å². The van der Waals surface area contributed by atoms with Crippen LogP contribution in [-0.4, -0.2) is 56.2 Å². The highest BCUT2D eigenvalue weighted by molar-refractivity contribution is 6.03. The minimum atomic E-state index is -1.49. The van der Waals surface area contributed by atoms with Gasteiger partial charge in [0.1, 0.15) is 24.1 Å². The van der Waals surface area contributed by atoms with Crippen molar-refractivity contribution in [3.8, 4) is 11.4 Å². The van der Waals surface area contributed by atoms with E-state index in [1.807, 2.05) is 49.9 Å². The number of hydrogen-bond donors (Lipinski definition) is 4. The molecule has 1 fully saturated rings. The van der Waals surface area contributed by atoms with Crippen LogP contribution in [0.2, 0.25) is 0 Å². The second kappa shape index (κ2) is 8.71. The van der Waals surface area contributed by atoms with Gasteiger partial charge in [0.2, 0.25) is 5.91 Å². The first kappa shape index (κ1) is 22.3. The number of rotatable bonds is 5. The van der Waals surface area contributed by atoms with E-state index in [1.54, 1.807) is 18.5 Å². The van der Waals surface area contributed by atoms with Crippen molar-refractivity contribution >= 4 is 17.5 Å². The molecule has 0 aliphatic carbocycles. The topological polar surface area (TPSA) is 128 Å². The first-order valence-electron chi connectivity index (χ1n) is 11.4. The molecule has 176 valence electrons. The van der Waals surface area contributed by atoms with Gasteiger partial charge in [-0.05, 0) is 26.8 Å². The number of anilines is 2. The Hall–Kier alpha value is -3.47. The van der Waals surface area contributed by atoms with Crippen molar-refractivity contribution < 1.29 is 9.90 Å². The van der Waals surface area contributed by atoms with Gasteiger partial charge in [-0.2, -0.15) is 0 Å². The van der Waals surface area contributed by atoms with Crippen molar-refractivity contribution in [2.24, 2.45) is 0 Å². The largest absolute Gasteiger partial charge is 0.364 e. The highest BCUT2D eigenvalue weighted by Gasteiger charge is 2.49. The van der Waals surface area contributed by atoms with Crippen LogP contribution >= 0.6 is 0 Å². The Balaban J connectivity index is 1.61. The fraction of sp³-hybridized carbons (Fsp3) is 0.375. The molecular weight excluding hydrogens is 432 g/mol. The van der Waals surface area contributed by atoms with Crippen LogP contribution in [-0.2, 0) is 10.5 Å². The van der Waals surface area contributed by atoms with Crippen LogP contribution in [0.1, 0.15) is 37.8 Å². The summed E-state index contributed by atoms with van der Waals surface area (Å²) < 4.78 is 0. The molecule has 2 aromatic heterocycles. The third kappa shape index (κ3) is 3.69. The summed E-state index contributed by atoms with van der Waals surface area (Å²) in [7, 11) is 0. The molecule has 3 aromatic rings. The average molecular weight is 461 g/mol. The van der Waals surface area contributed by atoms with E-state index >= 15 is 0 Å². The number of aliphatic hydroxyl groups is 1. The number of amides is 1. The van der Waals surface area contributed by atoms with E-state index < -0.39 is 17.8 Å². The minimum Gasteiger partial charge on any atom is -0.364 e. The van der Waals surface area contributed by atoms with Gasteiger partial charge in [0.25, 0.3) is 0 Å². The monoisotopic (exact) mass is 460 g/mol. The van der Waals surface area contributed by atoms with Crippen LogP contribution < -0.4 is 20.9 Å². The maximum Gasteiger partial charge on any atom is 0.233 e. The van der Waals surface area contributed by atoms with Crippen molar-refractivity contribution in [2.45, 2.75) is 44.6 Å². The number of hydrogen-bond acceptors (Lipinski definition) is 9.